The second-order valence-electron chi connectivity index (χ2n) is 4.18. The van der Waals surface area contributed by atoms with E-state index < -0.39 is 0 Å². The predicted molar refractivity (Wildman–Crippen MR) is 54.9 cm³/mol. The molecule has 0 bridgehead atoms. The lowest BCUT2D eigenvalue weighted by Gasteiger charge is -2.21. The van der Waals surface area contributed by atoms with Crippen molar-refractivity contribution in [3.8, 4) is 0 Å². The van der Waals surface area contributed by atoms with Crippen LogP contribution in [0.4, 0.5) is 0 Å². The summed E-state index contributed by atoms with van der Waals surface area (Å²) in [6.45, 7) is 4.62. The molecule has 0 saturated heterocycles. The van der Waals surface area contributed by atoms with Crippen LogP contribution in [0.3, 0.4) is 0 Å². The molecule has 0 aromatic carbocycles. The molecule has 0 unspecified atom stereocenters. The summed E-state index contributed by atoms with van der Waals surface area (Å²) in [4.78, 5) is 3.07. The number of rotatable bonds is 1. The van der Waals surface area contributed by atoms with Crippen molar-refractivity contribution in [2.75, 3.05) is 0 Å². The quantitative estimate of drug-likeness (QED) is 0.615. The molecular formula is C11H16S. The van der Waals surface area contributed by atoms with E-state index in [1.807, 2.05) is 11.3 Å². The van der Waals surface area contributed by atoms with Gasteiger partial charge in [-0.05, 0) is 31.9 Å². The Hall–Kier alpha value is -0.300. The molecule has 0 spiro atoms. The van der Waals surface area contributed by atoms with Crippen LogP contribution in [-0.2, 0) is 5.41 Å². The fourth-order valence-corrected chi connectivity index (χ4v) is 3.23. The smallest absolute Gasteiger partial charge is 0.0107 e. The monoisotopic (exact) mass is 180 g/mol. The van der Waals surface area contributed by atoms with Crippen LogP contribution in [0, 0.1) is 6.92 Å². The van der Waals surface area contributed by atoms with Gasteiger partial charge in [-0.15, -0.1) is 11.3 Å². The molecule has 1 aromatic rings. The molecule has 0 nitrogen and oxygen atoms in total. The first-order valence-electron chi connectivity index (χ1n) is 4.78. The molecule has 1 aliphatic carbocycles. The van der Waals surface area contributed by atoms with E-state index >= 15 is 0 Å². The molecule has 1 fully saturated rings. The van der Waals surface area contributed by atoms with E-state index in [-0.39, 0.29) is 0 Å². The first-order chi connectivity index (χ1) is 5.71. The van der Waals surface area contributed by atoms with E-state index in [4.69, 9.17) is 0 Å². The van der Waals surface area contributed by atoms with E-state index in [9.17, 15) is 0 Å². The lowest BCUT2D eigenvalue weighted by atomic mass is 9.87. The zero-order chi connectivity index (χ0) is 8.60. The van der Waals surface area contributed by atoms with Crippen LogP contribution in [0.1, 0.15) is 42.4 Å². The standard InChI is InChI=1S/C11H16S/c1-9-5-6-10(12-9)11(2)7-3-4-8-11/h5-6H,3-4,7-8H2,1-2H3. The fraction of sp³-hybridized carbons (Fsp3) is 0.636. The normalized spacial score (nSPS) is 21.5. The van der Waals surface area contributed by atoms with Gasteiger partial charge in [0, 0.05) is 15.2 Å². The van der Waals surface area contributed by atoms with Crippen LogP contribution in [0.2, 0.25) is 0 Å². The molecule has 66 valence electrons. The first kappa shape index (κ1) is 8.31. The van der Waals surface area contributed by atoms with Crippen LogP contribution >= 0.6 is 11.3 Å². The van der Waals surface area contributed by atoms with Gasteiger partial charge in [0.05, 0.1) is 0 Å². The highest BCUT2D eigenvalue weighted by Gasteiger charge is 2.31. The molecule has 12 heavy (non-hydrogen) atoms. The molecule has 1 aliphatic rings. The number of hydrogen-bond acceptors (Lipinski definition) is 1. The van der Waals surface area contributed by atoms with Crippen LogP contribution in [0.5, 0.6) is 0 Å². The minimum atomic E-state index is 0.527. The summed E-state index contributed by atoms with van der Waals surface area (Å²) >= 11 is 1.98. The van der Waals surface area contributed by atoms with Crippen molar-refractivity contribution in [1.29, 1.82) is 0 Å². The third kappa shape index (κ3) is 1.31. The highest BCUT2D eigenvalue weighted by molar-refractivity contribution is 7.12. The molecule has 1 saturated carbocycles. The van der Waals surface area contributed by atoms with E-state index in [1.54, 1.807) is 4.88 Å². The topological polar surface area (TPSA) is 0 Å². The van der Waals surface area contributed by atoms with Gasteiger partial charge in [-0.1, -0.05) is 19.8 Å². The molecule has 0 aliphatic heterocycles. The van der Waals surface area contributed by atoms with Gasteiger partial charge in [-0.25, -0.2) is 0 Å². The Kier molecular flexibility index (Phi) is 1.99. The maximum absolute atomic E-state index is 2.42. The van der Waals surface area contributed by atoms with Crippen molar-refractivity contribution in [2.24, 2.45) is 0 Å². The number of aryl methyl sites for hydroxylation is 1. The average molecular weight is 180 g/mol. The van der Waals surface area contributed by atoms with E-state index in [2.05, 4.69) is 26.0 Å². The lowest BCUT2D eigenvalue weighted by Crippen LogP contribution is -2.14. The molecule has 2 rings (SSSR count). The van der Waals surface area contributed by atoms with Gasteiger partial charge >= 0.3 is 0 Å². The van der Waals surface area contributed by atoms with Crippen molar-refractivity contribution in [3.05, 3.63) is 21.9 Å². The maximum atomic E-state index is 2.42. The second kappa shape index (κ2) is 2.88. The van der Waals surface area contributed by atoms with Gasteiger partial charge in [0.2, 0.25) is 0 Å². The molecule has 0 amide bonds. The minimum absolute atomic E-state index is 0.527. The van der Waals surface area contributed by atoms with Gasteiger partial charge in [-0.3, -0.25) is 0 Å². The Labute approximate surface area is 78.6 Å². The summed E-state index contributed by atoms with van der Waals surface area (Å²) in [5, 5.41) is 0. The summed E-state index contributed by atoms with van der Waals surface area (Å²) in [5.74, 6) is 0. The molecular weight excluding hydrogens is 164 g/mol. The van der Waals surface area contributed by atoms with Crippen molar-refractivity contribution < 1.29 is 0 Å². The van der Waals surface area contributed by atoms with Gasteiger partial charge in [0.1, 0.15) is 0 Å². The number of thiophene rings is 1. The van der Waals surface area contributed by atoms with Crippen molar-refractivity contribution in [1.82, 2.24) is 0 Å². The second-order valence-corrected chi connectivity index (χ2v) is 5.47. The summed E-state index contributed by atoms with van der Waals surface area (Å²) in [7, 11) is 0. The zero-order valence-electron chi connectivity index (χ0n) is 7.89. The molecule has 0 N–H and O–H groups in total. The molecule has 1 heterocycles. The van der Waals surface area contributed by atoms with Crippen LogP contribution in [0.15, 0.2) is 12.1 Å². The lowest BCUT2D eigenvalue weighted by molar-refractivity contribution is 0.502. The van der Waals surface area contributed by atoms with Crippen molar-refractivity contribution in [2.45, 2.75) is 44.9 Å². The van der Waals surface area contributed by atoms with Gasteiger partial charge in [0.15, 0.2) is 0 Å². The molecule has 0 atom stereocenters. The highest BCUT2D eigenvalue weighted by Crippen LogP contribution is 2.43. The first-order valence-corrected chi connectivity index (χ1v) is 5.59. The Morgan fingerprint density at radius 2 is 1.92 bits per heavy atom. The van der Waals surface area contributed by atoms with Crippen LogP contribution < -0.4 is 0 Å². The largest absolute Gasteiger partial charge is 0.145 e. The highest BCUT2D eigenvalue weighted by atomic mass is 32.1. The summed E-state index contributed by atoms with van der Waals surface area (Å²) < 4.78 is 0. The van der Waals surface area contributed by atoms with Gasteiger partial charge in [0.25, 0.3) is 0 Å². The zero-order valence-corrected chi connectivity index (χ0v) is 8.71. The van der Waals surface area contributed by atoms with Crippen molar-refractivity contribution in [3.63, 3.8) is 0 Å². The van der Waals surface area contributed by atoms with E-state index in [1.165, 1.54) is 30.6 Å². The van der Waals surface area contributed by atoms with Crippen molar-refractivity contribution >= 4 is 11.3 Å². The third-order valence-electron chi connectivity index (χ3n) is 3.04. The Morgan fingerprint density at radius 3 is 2.42 bits per heavy atom. The fourth-order valence-electron chi connectivity index (χ4n) is 2.16. The van der Waals surface area contributed by atoms with Gasteiger partial charge < -0.3 is 0 Å². The van der Waals surface area contributed by atoms with Crippen LogP contribution in [0.25, 0.3) is 0 Å². The third-order valence-corrected chi connectivity index (χ3v) is 4.35. The summed E-state index contributed by atoms with van der Waals surface area (Å²) in [6.07, 6.45) is 5.64. The SMILES string of the molecule is Cc1ccc(C2(C)CCCC2)s1. The Morgan fingerprint density at radius 1 is 1.25 bits per heavy atom. The predicted octanol–water partition coefficient (Wildman–Crippen LogP) is 3.89. The minimum Gasteiger partial charge on any atom is -0.145 e. The van der Waals surface area contributed by atoms with Crippen LogP contribution in [-0.4, -0.2) is 0 Å². The maximum Gasteiger partial charge on any atom is 0.0107 e. The number of hydrogen-bond donors (Lipinski definition) is 0. The average Bonchev–Trinajstić information content (AvgIpc) is 2.59. The van der Waals surface area contributed by atoms with Gasteiger partial charge in [-0.2, -0.15) is 0 Å². The molecule has 0 radical (unpaired) electrons. The van der Waals surface area contributed by atoms with E-state index in [0.717, 1.165) is 0 Å². The summed E-state index contributed by atoms with van der Waals surface area (Å²) in [6, 6.07) is 4.58. The van der Waals surface area contributed by atoms with E-state index in [0.29, 0.717) is 5.41 Å². The summed E-state index contributed by atoms with van der Waals surface area (Å²) in [5.41, 5.74) is 0.527. The Bertz CT molecular complexity index is 266. The molecule has 1 heteroatoms. The molecule has 1 aromatic heterocycles. The Balaban J connectivity index is 2.28.